The van der Waals surface area contributed by atoms with E-state index in [2.05, 4.69) is 21.4 Å². The number of hydrogen-bond acceptors (Lipinski definition) is 3. The number of aryl methyl sites for hydroxylation is 1. The second kappa shape index (κ2) is 6.75. The van der Waals surface area contributed by atoms with Crippen molar-refractivity contribution in [3.63, 3.8) is 0 Å². The summed E-state index contributed by atoms with van der Waals surface area (Å²) in [5, 5.41) is 8.95. The molecule has 120 valence electrons. The molecule has 0 amide bonds. The average Bonchev–Trinajstić information content (AvgIpc) is 3.29. The van der Waals surface area contributed by atoms with E-state index < -0.39 is 0 Å². The highest BCUT2D eigenvalue weighted by molar-refractivity contribution is 5.76. The van der Waals surface area contributed by atoms with Gasteiger partial charge in [0, 0.05) is 19.2 Å². The molecular formula is C17H24FN3O. The van der Waals surface area contributed by atoms with Crippen molar-refractivity contribution in [2.75, 3.05) is 13.2 Å². The average molecular weight is 305 g/mol. The molecule has 0 atom stereocenters. The highest BCUT2D eigenvalue weighted by Gasteiger charge is 2.29. The van der Waals surface area contributed by atoms with Gasteiger partial charge in [-0.2, -0.15) is 0 Å². The van der Waals surface area contributed by atoms with E-state index in [0.717, 1.165) is 43.8 Å². The summed E-state index contributed by atoms with van der Waals surface area (Å²) in [6.45, 7) is 4.85. The predicted octanol–water partition coefficient (Wildman–Crippen LogP) is 2.93. The number of aromatic nitrogens is 2. The maximum Gasteiger partial charge on any atom is 0.151 e. The van der Waals surface area contributed by atoms with E-state index >= 15 is 0 Å². The maximum absolute atomic E-state index is 14.0. The Morgan fingerprint density at radius 2 is 2.18 bits per heavy atom. The van der Waals surface area contributed by atoms with E-state index in [1.54, 1.807) is 6.07 Å². The molecule has 0 saturated heterocycles. The summed E-state index contributed by atoms with van der Waals surface area (Å²) in [4.78, 5) is 6.99. The molecule has 5 heteroatoms. The van der Waals surface area contributed by atoms with E-state index in [9.17, 15) is 4.39 Å². The Hall–Kier alpha value is -1.46. The lowest BCUT2D eigenvalue weighted by atomic mass is 10.3. The zero-order valence-corrected chi connectivity index (χ0v) is 13.1. The van der Waals surface area contributed by atoms with Crippen LogP contribution in [0.5, 0.6) is 0 Å². The van der Waals surface area contributed by atoms with E-state index in [1.807, 2.05) is 6.07 Å². The Kier molecular flexibility index (Phi) is 4.74. The third-order valence-electron chi connectivity index (χ3n) is 4.39. The van der Waals surface area contributed by atoms with Crippen LogP contribution in [0.3, 0.4) is 0 Å². The molecule has 0 spiro atoms. The van der Waals surface area contributed by atoms with Crippen molar-refractivity contribution in [3.8, 4) is 0 Å². The fourth-order valence-corrected chi connectivity index (χ4v) is 3.07. The van der Waals surface area contributed by atoms with Gasteiger partial charge in [0.05, 0.1) is 12.1 Å². The van der Waals surface area contributed by atoms with Gasteiger partial charge in [0.25, 0.3) is 0 Å². The van der Waals surface area contributed by atoms with Crippen LogP contribution in [0.2, 0.25) is 0 Å². The number of imidazole rings is 1. The van der Waals surface area contributed by atoms with Crippen LogP contribution in [0.1, 0.15) is 38.4 Å². The molecule has 0 radical (unpaired) electrons. The van der Waals surface area contributed by atoms with Crippen LogP contribution in [0.15, 0.2) is 18.2 Å². The molecule has 2 aromatic rings. The molecule has 1 fully saturated rings. The Labute approximate surface area is 130 Å². The molecule has 0 unspecified atom stereocenters. The van der Waals surface area contributed by atoms with Crippen molar-refractivity contribution in [1.29, 1.82) is 0 Å². The molecule has 3 rings (SSSR count). The summed E-state index contributed by atoms with van der Waals surface area (Å²) in [6, 6.07) is 5.79. The van der Waals surface area contributed by atoms with E-state index in [0.29, 0.717) is 11.6 Å². The van der Waals surface area contributed by atoms with Crippen LogP contribution in [0.25, 0.3) is 11.0 Å². The number of halogens is 1. The number of hydrogen-bond donors (Lipinski definition) is 1. The van der Waals surface area contributed by atoms with Crippen molar-refractivity contribution < 1.29 is 9.50 Å². The van der Waals surface area contributed by atoms with E-state index in [4.69, 9.17) is 5.11 Å². The lowest BCUT2D eigenvalue weighted by Crippen LogP contribution is -2.28. The van der Waals surface area contributed by atoms with Crippen LogP contribution in [0, 0.1) is 5.82 Å². The zero-order chi connectivity index (χ0) is 15.5. The van der Waals surface area contributed by atoms with Crippen LogP contribution >= 0.6 is 0 Å². The summed E-state index contributed by atoms with van der Waals surface area (Å²) in [5.41, 5.74) is 1.36. The quantitative estimate of drug-likeness (QED) is 0.762. The number of aliphatic hydroxyl groups excluding tert-OH is 1. The van der Waals surface area contributed by atoms with Crippen LogP contribution in [-0.4, -0.2) is 38.8 Å². The fourth-order valence-electron chi connectivity index (χ4n) is 3.07. The molecule has 1 aliphatic carbocycles. The van der Waals surface area contributed by atoms with Crippen molar-refractivity contribution >= 4 is 11.0 Å². The van der Waals surface area contributed by atoms with Gasteiger partial charge >= 0.3 is 0 Å². The van der Waals surface area contributed by atoms with Gasteiger partial charge in [-0.1, -0.05) is 6.07 Å². The largest absolute Gasteiger partial charge is 0.396 e. The molecule has 1 aromatic carbocycles. The summed E-state index contributed by atoms with van der Waals surface area (Å²) in [5.74, 6) is 0.697. The van der Waals surface area contributed by atoms with Gasteiger partial charge in [-0.3, -0.25) is 4.90 Å². The third-order valence-corrected chi connectivity index (χ3v) is 4.39. The van der Waals surface area contributed by atoms with E-state index in [-0.39, 0.29) is 12.4 Å². The maximum atomic E-state index is 14.0. The zero-order valence-electron chi connectivity index (χ0n) is 13.1. The van der Waals surface area contributed by atoms with Crippen molar-refractivity contribution in [2.24, 2.45) is 0 Å². The molecule has 1 aliphatic rings. The topological polar surface area (TPSA) is 41.3 Å². The van der Waals surface area contributed by atoms with Crippen LogP contribution in [0.4, 0.5) is 4.39 Å². The summed E-state index contributed by atoms with van der Waals surface area (Å²) in [7, 11) is 0. The summed E-state index contributed by atoms with van der Waals surface area (Å²) < 4.78 is 16.1. The third kappa shape index (κ3) is 3.15. The number of unbranched alkanes of at least 4 members (excludes halogenated alkanes) is 1. The molecule has 0 aliphatic heterocycles. The van der Waals surface area contributed by atoms with Crippen LogP contribution < -0.4 is 0 Å². The summed E-state index contributed by atoms with van der Waals surface area (Å²) >= 11 is 0. The minimum Gasteiger partial charge on any atom is -0.396 e. The van der Waals surface area contributed by atoms with Gasteiger partial charge in [0.15, 0.2) is 5.82 Å². The second-order valence-corrected chi connectivity index (χ2v) is 6.01. The standard InChI is InChI=1S/C17H24FN3O/c1-2-21-15-7-5-6-14(18)17(15)19-16(21)12-20(13-8-9-13)10-3-4-11-22/h5-7,13,22H,2-4,8-12H2,1H3. The first-order valence-electron chi connectivity index (χ1n) is 8.23. The lowest BCUT2D eigenvalue weighted by Gasteiger charge is -2.21. The van der Waals surface area contributed by atoms with Gasteiger partial charge in [0.1, 0.15) is 11.3 Å². The molecule has 1 aromatic heterocycles. The molecular weight excluding hydrogens is 281 g/mol. The predicted molar refractivity (Wildman–Crippen MR) is 85.1 cm³/mol. The number of fused-ring (bicyclic) bond motifs is 1. The number of nitrogens with zero attached hydrogens (tertiary/aromatic N) is 3. The molecule has 0 bridgehead atoms. The number of benzene rings is 1. The van der Waals surface area contributed by atoms with Crippen LogP contribution in [-0.2, 0) is 13.1 Å². The minimum atomic E-state index is -0.246. The molecule has 22 heavy (non-hydrogen) atoms. The lowest BCUT2D eigenvalue weighted by molar-refractivity contribution is 0.223. The van der Waals surface area contributed by atoms with Gasteiger partial charge in [-0.05, 0) is 51.3 Å². The SMILES string of the molecule is CCn1c(CN(CCCCO)C2CC2)nc2c(F)cccc21. The molecule has 4 nitrogen and oxygen atoms in total. The molecule has 1 N–H and O–H groups in total. The van der Waals surface area contributed by atoms with Crippen molar-refractivity contribution in [3.05, 3.63) is 29.8 Å². The Morgan fingerprint density at radius 1 is 1.36 bits per heavy atom. The smallest absolute Gasteiger partial charge is 0.151 e. The number of para-hydroxylation sites is 1. The van der Waals surface area contributed by atoms with E-state index in [1.165, 1.54) is 18.9 Å². The first kappa shape index (κ1) is 15.4. The number of aliphatic hydroxyl groups is 1. The fraction of sp³-hybridized carbons (Fsp3) is 0.588. The Morgan fingerprint density at radius 3 is 2.86 bits per heavy atom. The normalized spacial score (nSPS) is 15.1. The first-order valence-corrected chi connectivity index (χ1v) is 8.23. The minimum absolute atomic E-state index is 0.246. The van der Waals surface area contributed by atoms with Gasteiger partial charge in [-0.15, -0.1) is 0 Å². The van der Waals surface area contributed by atoms with Gasteiger partial charge in [-0.25, -0.2) is 9.37 Å². The van der Waals surface area contributed by atoms with Gasteiger partial charge in [0.2, 0.25) is 0 Å². The highest BCUT2D eigenvalue weighted by Crippen LogP contribution is 2.29. The molecule has 1 heterocycles. The summed E-state index contributed by atoms with van der Waals surface area (Å²) in [6.07, 6.45) is 4.30. The monoisotopic (exact) mass is 305 g/mol. The highest BCUT2D eigenvalue weighted by atomic mass is 19.1. The second-order valence-electron chi connectivity index (χ2n) is 6.01. The number of rotatable bonds is 8. The van der Waals surface area contributed by atoms with Gasteiger partial charge < -0.3 is 9.67 Å². The molecule has 1 saturated carbocycles. The first-order chi connectivity index (χ1) is 10.7. The Bertz CT molecular complexity index is 636. The van der Waals surface area contributed by atoms with Crippen molar-refractivity contribution in [2.45, 2.75) is 51.7 Å². The van der Waals surface area contributed by atoms with Crippen molar-refractivity contribution in [1.82, 2.24) is 14.5 Å². The Balaban J connectivity index is 1.83.